The van der Waals surface area contributed by atoms with Gasteiger partial charge in [0, 0.05) is 13.5 Å². The molecule has 3 amide bonds. The smallest absolute Gasteiger partial charge is 0.262 e. The molecule has 0 aliphatic carbocycles. The van der Waals surface area contributed by atoms with E-state index in [-0.39, 0.29) is 18.2 Å². The van der Waals surface area contributed by atoms with E-state index in [1.807, 2.05) is 30.3 Å². The van der Waals surface area contributed by atoms with E-state index in [2.05, 4.69) is 15.5 Å². The van der Waals surface area contributed by atoms with Gasteiger partial charge in [0.05, 0.1) is 11.1 Å². The Morgan fingerprint density at radius 3 is 2.30 bits per heavy atom. The molecule has 152 valence electrons. The number of rotatable bonds is 7. The first-order valence-electron chi connectivity index (χ1n) is 9.21. The number of imide groups is 1. The van der Waals surface area contributed by atoms with Gasteiger partial charge in [0.1, 0.15) is 17.7 Å². The monoisotopic (exact) mass is 422 g/mol. The van der Waals surface area contributed by atoms with Gasteiger partial charge in [-0.25, -0.2) is 0 Å². The maximum absolute atomic E-state index is 13.2. The first-order valence-corrected chi connectivity index (χ1v) is 10.0. The fourth-order valence-electron chi connectivity index (χ4n) is 3.30. The Morgan fingerprint density at radius 2 is 1.67 bits per heavy atom. The van der Waals surface area contributed by atoms with Gasteiger partial charge in [0.15, 0.2) is 0 Å². The number of aromatic nitrogens is 2. The summed E-state index contributed by atoms with van der Waals surface area (Å²) in [5, 5.41) is 11.5. The standard InChI is InChI=1S/C21H18N4O4S/c1-29-12-17-23-24-21(30-17)22-18(26)16(11-13-7-3-2-4-8-13)25-19(27)14-9-5-6-10-15(14)20(25)28/h2-10,16H,11-12H2,1H3,(H,22,24,26). The minimum absolute atomic E-state index is 0.182. The second-order valence-corrected chi connectivity index (χ2v) is 7.72. The third-order valence-electron chi connectivity index (χ3n) is 4.68. The molecule has 0 fully saturated rings. The number of carbonyl (C=O) groups is 3. The number of benzene rings is 2. The highest BCUT2D eigenvalue weighted by molar-refractivity contribution is 7.15. The summed E-state index contributed by atoms with van der Waals surface area (Å²) in [5.41, 5.74) is 1.42. The molecule has 1 aromatic heterocycles. The van der Waals surface area contributed by atoms with Gasteiger partial charge in [0.25, 0.3) is 11.8 Å². The van der Waals surface area contributed by atoms with Gasteiger partial charge in [-0.15, -0.1) is 10.2 Å². The zero-order chi connectivity index (χ0) is 21.1. The van der Waals surface area contributed by atoms with Crippen molar-refractivity contribution in [3.63, 3.8) is 0 Å². The maximum Gasteiger partial charge on any atom is 0.262 e. The third-order valence-corrected chi connectivity index (χ3v) is 5.49. The zero-order valence-electron chi connectivity index (χ0n) is 16.1. The molecule has 2 aromatic carbocycles. The first-order chi connectivity index (χ1) is 14.6. The molecule has 8 nitrogen and oxygen atoms in total. The SMILES string of the molecule is COCc1nnc(NC(=O)C(Cc2ccccc2)N2C(=O)c3ccccc3C2=O)s1. The number of anilines is 1. The quantitative estimate of drug-likeness (QED) is 0.587. The summed E-state index contributed by atoms with van der Waals surface area (Å²) in [5.74, 6) is -1.47. The van der Waals surface area contributed by atoms with Crippen molar-refractivity contribution in [3.8, 4) is 0 Å². The number of hydrogen-bond donors (Lipinski definition) is 1. The largest absolute Gasteiger partial charge is 0.377 e. The summed E-state index contributed by atoms with van der Waals surface area (Å²) in [6.07, 6.45) is 0.182. The summed E-state index contributed by atoms with van der Waals surface area (Å²) in [6, 6.07) is 14.8. The summed E-state index contributed by atoms with van der Waals surface area (Å²) in [7, 11) is 1.54. The number of carbonyl (C=O) groups excluding carboxylic acids is 3. The van der Waals surface area contributed by atoms with E-state index in [1.165, 1.54) is 18.4 Å². The lowest BCUT2D eigenvalue weighted by Crippen LogP contribution is -2.48. The minimum Gasteiger partial charge on any atom is -0.377 e. The highest BCUT2D eigenvalue weighted by atomic mass is 32.1. The highest BCUT2D eigenvalue weighted by Gasteiger charge is 2.42. The Hall–Kier alpha value is -3.43. The molecule has 0 saturated carbocycles. The summed E-state index contributed by atoms with van der Waals surface area (Å²) in [4.78, 5) is 40.1. The number of amides is 3. The Bertz CT molecular complexity index is 1060. The van der Waals surface area contributed by atoms with Crippen molar-refractivity contribution < 1.29 is 19.1 Å². The minimum atomic E-state index is -1.03. The number of ether oxygens (including phenoxy) is 1. The van der Waals surface area contributed by atoms with Crippen molar-refractivity contribution in [3.05, 3.63) is 76.3 Å². The molecule has 1 aliphatic rings. The van der Waals surface area contributed by atoms with Crippen LogP contribution in [0.5, 0.6) is 0 Å². The van der Waals surface area contributed by atoms with Gasteiger partial charge in [0.2, 0.25) is 11.0 Å². The van der Waals surface area contributed by atoms with E-state index >= 15 is 0 Å². The fraction of sp³-hybridized carbons (Fsp3) is 0.190. The van der Waals surface area contributed by atoms with Crippen LogP contribution in [0, 0.1) is 0 Å². The van der Waals surface area contributed by atoms with Crippen molar-refractivity contribution in [2.24, 2.45) is 0 Å². The Kier molecular flexibility index (Phi) is 5.64. The average molecular weight is 422 g/mol. The number of methoxy groups -OCH3 is 1. The van der Waals surface area contributed by atoms with Crippen molar-refractivity contribution in [1.82, 2.24) is 15.1 Å². The van der Waals surface area contributed by atoms with Crippen LogP contribution in [0.4, 0.5) is 5.13 Å². The van der Waals surface area contributed by atoms with Gasteiger partial charge >= 0.3 is 0 Å². The molecule has 1 aliphatic heterocycles. The lowest BCUT2D eigenvalue weighted by atomic mass is 10.0. The molecule has 30 heavy (non-hydrogen) atoms. The van der Waals surface area contributed by atoms with Crippen LogP contribution >= 0.6 is 11.3 Å². The fourth-order valence-corrected chi connectivity index (χ4v) is 4.02. The van der Waals surface area contributed by atoms with E-state index in [0.717, 1.165) is 10.5 Å². The van der Waals surface area contributed by atoms with Crippen molar-refractivity contribution >= 4 is 34.2 Å². The molecular weight excluding hydrogens is 404 g/mol. The first kappa shape index (κ1) is 19.9. The third kappa shape index (κ3) is 3.85. The molecule has 0 spiro atoms. The molecule has 2 heterocycles. The summed E-state index contributed by atoms with van der Waals surface area (Å²) in [6.45, 7) is 0.277. The molecule has 0 bridgehead atoms. The highest BCUT2D eigenvalue weighted by Crippen LogP contribution is 2.27. The predicted molar refractivity (Wildman–Crippen MR) is 110 cm³/mol. The van der Waals surface area contributed by atoms with Crippen LogP contribution in [-0.2, 0) is 22.6 Å². The molecule has 9 heteroatoms. The Morgan fingerprint density at radius 1 is 1.03 bits per heavy atom. The van der Waals surface area contributed by atoms with Crippen molar-refractivity contribution in [1.29, 1.82) is 0 Å². The van der Waals surface area contributed by atoms with Crippen molar-refractivity contribution in [2.75, 3.05) is 12.4 Å². The van der Waals surface area contributed by atoms with Crippen LogP contribution in [0.3, 0.4) is 0 Å². The van der Waals surface area contributed by atoms with Crippen molar-refractivity contribution in [2.45, 2.75) is 19.1 Å². The van der Waals surface area contributed by atoms with Crippen LogP contribution in [0.25, 0.3) is 0 Å². The van der Waals surface area contributed by atoms with Gasteiger partial charge in [-0.2, -0.15) is 0 Å². The van der Waals surface area contributed by atoms with E-state index < -0.39 is 23.8 Å². The average Bonchev–Trinajstić information content (AvgIpc) is 3.30. The summed E-state index contributed by atoms with van der Waals surface area (Å²) < 4.78 is 5.02. The van der Waals surface area contributed by atoms with E-state index in [9.17, 15) is 14.4 Å². The van der Waals surface area contributed by atoms with Crippen LogP contribution in [-0.4, -0.2) is 46.0 Å². The molecule has 3 aromatic rings. The number of fused-ring (bicyclic) bond motifs is 1. The van der Waals surface area contributed by atoms with Crippen LogP contribution in [0.15, 0.2) is 54.6 Å². The van der Waals surface area contributed by atoms with Crippen LogP contribution in [0.1, 0.15) is 31.3 Å². The van der Waals surface area contributed by atoms with Gasteiger partial charge in [-0.3, -0.25) is 24.6 Å². The maximum atomic E-state index is 13.2. The Balaban J connectivity index is 1.63. The molecule has 1 atom stereocenters. The number of nitrogens with zero attached hydrogens (tertiary/aromatic N) is 3. The molecule has 0 saturated heterocycles. The van der Waals surface area contributed by atoms with Crippen LogP contribution < -0.4 is 5.32 Å². The predicted octanol–water partition coefficient (Wildman–Crippen LogP) is 2.53. The molecular formula is C21H18N4O4S. The van der Waals surface area contributed by atoms with Crippen LogP contribution in [0.2, 0.25) is 0 Å². The molecule has 4 rings (SSSR count). The molecule has 0 radical (unpaired) electrons. The normalized spacial score (nSPS) is 14.0. The second kappa shape index (κ2) is 8.52. The van der Waals surface area contributed by atoms with E-state index in [4.69, 9.17) is 4.74 Å². The zero-order valence-corrected chi connectivity index (χ0v) is 16.9. The lowest BCUT2D eigenvalue weighted by Gasteiger charge is -2.25. The van der Waals surface area contributed by atoms with E-state index in [1.54, 1.807) is 24.3 Å². The molecule has 1 unspecified atom stereocenters. The van der Waals surface area contributed by atoms with E-state index in [0.29, 0.717) is 16.1 Å². The number of hydrogen-bond acceptors (Lipinski definition) is 7. The van der Waals surface area contributed by atoms with Gasteiger partial charge < -0.3 is 4.74 Å². The van der Waals surface area contributed by atoms with Gasteiger partial charge in [-0.05, 0) is 17.7 Å². The second-order valence-electron chi connectivity index (χ2n) is 6.65. The number of nitrogens with one attached hydrogen (secondary N) is 1. The Labute approximate surface area is 176 Å². The molecule has 1 N–H and O–H groups in total. The lowest BCUT2D eigenvalue weighted by molar-refractivity contribution is -0.119. The van der Waals surface area contributed by atoms with Gasteiger partial charge in [-0.1, -0.05) is 53.8 Å². The summed E-state index contributed by atoms with van der Waals surface area (Å²) >= 11 is 1.17. The topological polar surface area (TPSA) is 101 Å².